The van der Waals surface area contributed by atoms with Crippen molar-refractivity contribution in [3.05, 3.63) is 65.2 Å². The van der Waals surface area contributed by atoms with Crippen LogP contribution < -0.4 is 17.0 Å². The topological polar surface area (TPSA) is 20.2 Å². The molecule has 0 bridgehead atoms. The van der Waals surface area contributed by atoms with Crippen molar-refractivity contribution in [3.8, 4) is 5.75 Å². The lowest BCUT2D eigenvalue weighted by Crippen LogP contribution is -3.00. The van der Waals surface area contributed by atoms with Gasteiger partial charge in [0.1, 0.15) is 5.75 Å². The molecule has 0 aliphatic heterocycles. The summed E-state index contributed by atoms with van der Waals surface area (Å²) >= 11 is 0. The van der Waals surface area contributed by atoms with Gasteiger partial charge in [0.25, 0.3) is 0 Å². The maximum atomic E-state index is 10.5. The van der Waals surface area contributed by atoms with Gasteiger partial charge in [0.2, 0.25) is 0 Å². The predicted molar refractivity (Wildman–Crippen MR) is 107 cm³/mol. The van der Waals surface area contributed by atoms with Crippen LogP contribution in [-0.2, 0) is 0 Å². The van der Waals surface area contributed by atoms with Crippen LogP contribution in [0.3, 0.4) is 0 Å². The van der Waals surface area contributed by atoms with E-state index in [2.05, 4.69) is 78.1 Å². The van der Waals surface area contributed by atoms with E-state index >= 15 is 0 Å². The van der Waals surface area contributed by atoms with Gasteiger partial charge in [-0.3, -0.25) is 0 Å². The lowest BCUT2D eigenvalue weighted by atomic mass is 9.86. The van der Waals surface area contributed by atoms with Crippen LogP contribution in [0.25, 0.3) is 0 Å². The third-order valence-corrected chi connectivity index (χ3v) is 6.02. The smallest absolute Gasteiger partial charge is 0.119 e. The minimum atomic E-state index is 0. The molecule has 0 radical (unpaired) electrons. The lowest BCUT2D eigenvalue weighted by molar-refractivity contribution is -0.949. The fraction of sp³-hybridized carbons (Fsp3) is 0.478. The largest absolute Gasteiger partial charge is 1.00 e. The van der Waals surface area contributed by atoms with Crippen molar-refractivity contribution in [2.24, 2.45) is 0 Å². The molecule has 144 valence electrons. The molecule has 0 unspecified atom stereocenters. The van der Waals surface area contributed by atoms with Gasteiger partial charge in [0, 0.05) is 17.9 Å². The number of phenolic OH excluding ortho intramolecular Hbond substituents is 1. The molecule has 2 rings (SSSR count). The Balaban J connectivity index is 0.00000338. The van der Waals surface area contributed by atoms with E-state index in [9.17, 15) is 5.11 Å². The van der Waals surface area contributed by atoms with Crippen molar-refractivity contribution in [2.75, 3.05) is 13.6 Å². The molecular weight excluding hydrogens is 386 g/mol. The lowest BCUT2D eigenvalue weighted by Gasteiger charge is -2.43. The van der Waals surface area contributed by atoms with Crippen LogP contribution in [0.15, 0.2) is 48.5 Å². The number of halogens is 1. The van der Waals surface area contributed by atoms with Crippen LogP contribution in [0.4, 0.5) is 0 Å². The molecule has 1 N–H and O–H groups in total. The normalized spacial score (nSPS) is 12.9. The van der Waals surface area contributed by atoms with Gasteiger partial charge < -0.3 is 26.6 Å². The number of hydrogen-bond acceptors (Lipinski definition) is 1. The average molecular weight is 420 g/mol. The van der Waals surface area contributed by atoms with Crippen molar-refractivity contribution in [1.82, 2.24) is 0 Å². The molecule has 0 amide bonds. The van der Waals surface area contributed by atoms with Crippen LogP contribution in [0, 0.1) is 6.92 Å². The number of quaternary nitrogens is 1. The number of nitrogens with zero attached hydrogens (tertiary/aromatic N) is 1. The Labute approximate surface area is 170 Å². The zero-order valence-corrected chi connectivity index (χ0v) is 18.6. The van der Waals surface area contributed by atoms with Gasteiger partial charge >= 0.3 is 0 Å². The highest BCUT2D eigenvalue weighted by Gasteiger charge is 2.31. The molecule has 0 saturated carbocycles. The van der Waals surface area contributed by atoms with Crippen molar-refractivity contribution < 1.29 is 26.6 Å². The number of hydrogen-bond donors (Lipinski definition) is 1. The molecule has 26 heavy (non-hydrogen) atoms. The highest BCUT2D eigenvalue weighted by Crippen LogP contribution is 2.35. The summed E-state index contributed by atoms with van der Waals surface area (Å²) in [6.07, 6.45) is 1.02. The Hall–Kier alpha value is -1.32. The van der Waals surface area contributed by atoms with Gasteiger partial charge in [0.05, 0.1) is 25.7 Å². The Morgan fingerprint density at radius 2 is 1.50 bits per heavy atom. The first-order chi connectivity index (χ1) is 11.8. The number of rotatable bonds is 7. The Morgan fingerprint density at radius 1 is 0.923 bits per heavy atom. The SMILES string of the molecule is Cc1ccc(O)c([C@H](CC[N+](C)(C(C)C)C(C)C)c2ccccc2)c1.[Br-]. The van der Waals surface area contributed by atoms with E-state index in [-0.39, 0.29) is 22.9 Å². The molecule has 0 spiro atoms. The second-order valence-electron chi connectivity index (χ2n) is 8.07. The molecular formula is C23H34BrNO. The summed E-state index contributed by atoms with van der Waals surface area (Å²) in [4.78, 5) is 0. The predicted octanol–water partition coefficient (Wildman–Crippen LogP) is 2.49. The highest BCUT2D eigenvalue weighted by atomic mass is 79.9. The van der Waals surface area contributed by atoms with Gasteiger partial charge in [-0.1, -0.05) is 48.0 Å². The molecule has 0 saturated heterocycles. The maximum absolute atomic E-state index is 10.5. The van der Waals surface area contributed by atoms with E-state index < -0.39 is 0 Å². The van der Waals surface area contributed by atoms with E-state index in [1.54, 1.807) is 0 Å². The van der Waals surface area contributed by atoms with Crippen molar-refractivity contribution in [2.45, 2.75) is 59.0 Å². The molecule has 2 aromatic rings. The van der Waals surface area contributed by atoms with Gasteiger partial charge in [-0.15, -0.1) is 0 Å². The number of aryl methyl sites for hydroxylation is 1. The van der Waals surface area contributed by atoms with E-state index in [4.69, 9.17) is 0 Å². The fourth-order valence-electron chi connectivity index (χ4n) is 3.66. The average Bonchev–Trinajstić information content (AvgIpc) is 2.58. The quantitative estimate of drug-likeness (QED) is 0.683. The summed E-state index contributed by atoms with van der Waals surface area (Å²) in [5.41, 5.74) is 3.52. The van der Waals surface area contributed by atoms with Crippen molar-refractivity contribution in [1.29, 1.82) is 0 Å². The molecule has 2 aromatic carbocycles. The first kappa shape index (κ1) is 22.7. The van der Waals surface area contributed by atoms with Crippen LogP contribution >= 0.6 is 0 Å². The Morgan fingerprint density at radius 3 is 2.04 bits per heavy atom. The second kappa shape index (κ2) is 9.57. The Bertz CT molecular complexity index is 674. The Kier molecular flexibility index (Phi) is 8.36. The number of aromatic hydroxyl groups is 1. The summed E-state index contributed by atoms with van der Waals surface area (Å²) in [6, 6.07) is 17.7. The summed E-state index contributed by atoms with van der Waals surface area (Å²) < 4.78 is 1.04. The van der Waals surface area contributed by atoms with E-state index in [1.807, 2.05) is 12.1 Å². The molecule has 2 nitrogen and oxygen atoms in total. The first-order valence-corrected chi connectivity index (χ1v) is 9.45. The van der Waals surface area contributed by atoms with Crippen LogP contribution in [0.5, 0.6) is 5.75 Å². The molecule has 0 fully saturated rings. The van der Waals surface area contributed by atoms with Gasteiger partial charge in [0.15, 0.2) is 0 Å². The molecule has 3 heteroatoms. The van der Waals surface area contributed by atoms with Crippen LogP contribution in [0.1, 0.15) is 56.7 Å². The third kappa shape index (κ3) is 5.11. The summed E-state index contributed by atoms with van der Waals surface area (Å²) in [5.74, 6) is 0.624. The zero-order chi connectivity index (χ0) is 18.6. The fourth-order valence-corrected chi connectivity index (χ4v) is 3.66. The van der Waals surface area contributed by atoms with Crippen molar-refractivity contribution >= 4 is 0 Å². The van der Waals surface area contributed by atoms with Gasteiger partial charge in [-0.25, -0.2) is 0 Å². The standard InChI is InChI=1S/C23H33NO.BrH/c1-17(2)24(6,18(3)4)15-14-21(20-10-8-7-9-11-20)22-16-19(5)12-13-23(22)25;/h7-13,16-18,21H,14-15H2,1-6H3;1H/t21-;/m1./s1. The minimum Gasteiger partial charge on any atom is -1.00 e. The summed E-state index contributed by atoms with van der Waals surface area (Å²) in [5, 5.41) is 10.5. The van der Waals surface area contributed by atoms with E-state index in [1.165, 1.54) is 11.1 Å². The van der Waals surface area contributed by atoms with Gasteiger partial charge in [-0.05, 0) is 46.2 Å². The summed E-state index contributed by atoms with van der Waals surface area (Å²) in [7, 11) is 2.35. The van der Waals surface area contributed by atoms with Gasteiger partial charge in [-0.2, -0.15) is 0 Å². The zero-order valence-electron chi connectivity index (χ0n) is 17.0. The monoisotopic (exact) mass is 419 g/mol. The number of benzene rings is 2. The second-order valence-corrected chi connectivity index (χ2v) is 8.07. The molecule has 0 aromatic heterocycles. The summed E-state index contributed by atoms with van der Waals surface area (Å²) in [6.45, 7) is 12.4. The third-order valence-electron chi connectivity index (χ3n) is 6.02. The number of phenols is 1. The molecule has 0 heterocycles. The molecule has 0 aliphatic carbocycles. The van der Waals surface area contributed by atoms with E-state index in [0.29, 0.717) is 17.8 Å². The van der Waals surface area contributed by atoms with Crippen molar-refractivity contribution in [3.63, 3.8) is 0 Å². The van der Waals surface area contributed by atoms with E-state index in [0.717, 1.165) is 23.0 Å². The maximum Gasteiger partial charge on any atom is 0.119 e. The molecule has 1 atom stereocenters. The van der Waals surface area contributed by atoms with Crippen LogP contribution in [0.2, 0.25) is 0 Å². The van der Waals surface area contributed by atoms with Crippen LogP contribution in [-0.4, -0.2) is 35.3 Å². The minimum absolute atomic E-state index is 0. The first-order valence-electron chi connectivity index (χ1n) is 9.45. The molecule has 0 aliphatic rings. The highest BCUT2D eigenvalue weighted by molar-refractivity contribution is 5.43.